The zero-order chi connectivity index (χ0) is 50.4. The van der Waals surface area contributed by atoms with E-state index in [4.69, 9.17) is 13.8 Å². The Kier molecular flexibility index (Phi) is 19.7. The number of aryl methyl sites for hydroxylation is 1. The second kappa shape index (κ2) is 25.4. The van der Waals surface area contributed by atoms with Crippen LogP contribution < -0.4 is 15.1 Å². The van der Waals surface area contributed by atoms with Crippen LogP contribution in [0.2, 0.25) is 0 Å². The van der Waals surface area contributed by atoms with E-state index < -0.39 is 0 Å². The Balaban J connectivity index is 0.000000231. The van der Waals surface area contributed by atoms with Gasteiger partial charge in [0.1, 0.15) is 28.1 Å². The maximum absolute atomic E-state index is 12.8. The van der Waals surface area contributed by atoms with Gasteiger partial charge in [-0.1, -0.05) is 92.7 Å². The highest BCUT2D eigenvalue weighted by molar-refractivity contribution is 8.00. The van der Waals surface area contributed by atoms with Crippen molar-refractivity contribution in [2.75, 3.05) is 41.3 Å². The number of imidazole rings is 1. The van der Waals surface area contributed by atoms with Gasteiger partial charge in [-0.15, -0.1) is 34.9 Å². The Morgan fingerprint density at radius 1 is 0.657 bits per heavy atom. The quantitative estimate of drug-likeness (QED) is 0.0607. The number of hydrogen-bond donors (Lipinski definition) is 1. The lowest BCUT2D eigenvalue weighted by molar-refractivity contribution is -0.118. The summed E-state index contributed by atoms with van der Waals surface area (Å²) < 4.78 is 15.8. The van der Waals surface area contributed by atoms with Gasteiger partial charge in [0.15, 0.2) is 5.13 Å². The first-order valence-electron chi connectivity index (χ1n) is 24.4. The van der Waals surface area contributed by atoms with Crippen LogP contribution in [-0.4, -0.2) is 67.4 Å². The van der Waals surface area contributed by atoms with E-state index in [9.17, 15) is 9.59 Å². The van der Waals surface area contributed by atoms with Gasteiger partial charge in [-0.3, -0.25) is 9.59 Å². The molecule has 0 radical (unpaired) electrons. The number of carbonyl (C=O) groups is 2. The van der Waals surface area contributed by atoms with Gasteiger partial charge < -0.3 is 28.5 Å². The number of anilines is 3. The van der Waals surface area contributed by atoms with E-state index in [0.717, 1.165) is 105 Å². The molecular formula is C53H71N9O4S4. The molecule has 5 aromatic heterocycles. The molecule has 17 heteroatoms. The third-order valence-corrected chi connectivity index (χ3v) is 15.5. The molecule has 2 aromatic carbocycles. The summed E-state index contributed by atoms with van der Waals surface area (Å²) >= 11 is 6.26. The van der Waals surface area contributed by atoms with Crippen molar-refractivity contribution in [2.45, 2.75) is 145 Å². The molecule has 0 bridgehead atoms. The number of thioether (sulfide) groups is 2. The predicted molar refractivity (Wildman–Crippen MR) is 291 cm³/mol. The second-order valence-corrected chi connectivity index (χ2v) is 24.1. The molecule has 0 aliphatic heterocycles. The molecule has 0 saturated carbocycles. The SMILES string of the molecule is CCCN(CCC)c1ccc(CC(=O)Cc2ncc(SCc3ncc(C(C)(C)C)o3)s2)cc1.CCCN(CCC)c1ccc2c(c1)nc(CC(=O)Nc1ncc(SCc3ncc(C(C)(C)C)o3)s1)n2C. The number of carbonyl (C=O) groups excluding carboxylic acids is 2. The summed E-state index contributed by atoms with van der Waals surface area (Å²) in [5.41, 5.74) is 5.29. The minimum absolute atomic E-state index is 0.0430. The Bertz CT molecular complexity index is 2730. The van der Waals surface area contributed by atoms with Gasteiger partial charge in [0.25, 0.3) is 0 Å². The van der Waals surface area contributed by atoms with Crippen molar-refractivity contribution < 1.29 is 18.4 Å². The van der Waals surface area contributed by atoms with E-state index in [0.29, 0.717) is 35.4 Å². The number of amides is 1. The summed E-state index contributed by atoms with van der Waals surface area (Å²) in [5.74, 6) is 5.23. The number of ketones is 1. The molecule has 1 amide bonds. The number of aromatic nitrogens is 6. The molecule has 0 spiro atoms. The van der Waals surface area contributed by atoms with E-state index in [-0.39, 0.29) is 28.9 Å². The molecule has 7 rings (SSSR count). The Morgan fingerprint density at radius 3 is 1.73 bits per heavy atom. The summed E-state index contributed by atoms with van der Waals surface area (Å²) in [6, 6.07) is 14.8. The molecule has 0 saturated heterocycles. The van der Waals surface area contributed by atoms with Gasteiger partial charge in [-0.05, 0) is 61.6 Å². The van der Waals surface area contributed by atoms with Gasteiger partial charge in [0.2, 0.25) is 17.7 Å². The smallest absolute Gasteiger partial charge is 0.233 e. The van der Waals surface area contributed by atoms with Crippen molar-refractivity contribution in [1.29, 1.82) is 0 Å². The lowest BCUT2D eigenvalue weighted by Gasteiger charge is -2.23. The molecule has 5 heterocycles. The van der Waals surface area contributed by atoms with Gasteiger partial charge in [0.05, 0.1) is 68.6 Å². The van der Waals surface area contributed by atoms with E-state index >= 15 is 0 Å². The summed E-state index contributed by atoms with van der Waals surface area (Å²) in [6.07, 6.45) is 12.7. The number of oxazole rings is 2. The van der Waals surface area contributed by atoms with Crippen molar-refractivity contribution in [3.05, 3.63) is 107 Å². The van der Waals surface area contributed by atoms with Crippen LogP contribution in [0.3, 0.4) is 0 Å². The molecule has 0 unspecified atom stereocenters. The highest BCUT2D eigenvalue weighted by Gasteiger charge is 2.21. The molecule has 1 N–H and O–H groups in total. The van der Waals surface area contributed by atoms with Crippen LogP contribution >= 0.6 is 46.2 Å². The molecule has 7 aromatic rings. The van der Waals surface area contributed by atoms with Gasteiger partial charge in [-0.2, -0.15) is 0 Å². The minimum atomic E-state index is -0.134. The van der Waals surface area contributed by atoms with E-state index in [1.54, 1.807) is 47.3 Å². The first kappa shape index (κ1) is 54.4. The molecule has 0 fully saturated rings. The maximum Gasteiger partial charge on any atom is 0.233 e. The lowest BCUT2D eigenvalue weighted by Crippen LogP contribution is -2.24. The van der Waals surface area contributed by atoms with E-state index in [1.807, 2.05) is 24.0 Å². The van der Waals surface area contributed by atoms with Crippen LogP contribution in [0.1, 0.15) is 135 Å². The largest absolute Gasteiger partial charge is 0.444 e. The third-order valence-electron chi connectivity index (χ3n) is 11.2. The van der Waals surface area contributed by atoms with Gasteiger partial charge in [-0.25, -0.2) is 24.9 Å². The first-order valence-corrected chi connectivity index (χ1v) is 28.0. The van der Waals surface area contributed by atoms with Crippen molar-refractivity contribution in [2.24, 2.45) is 7.05 Å². The topological polar surface area (TPSA) is 148 Å². The summed E-state index contributed by atoms with van der Waals surface area (Å²) in [5, 5.41) is 4.36. The van der Waals surface area contributed by atoms with Crippen LogP contribution in [0.4, 0.5) is 16.5 Å². The number of rotatable bonds is 23. The Morgan fingerprint density at radius 2 is 1.19 bits per heavy atom. The molecule has 70 heavy (non-hydrogen) atoms. The van der Waals surface area contributed by atoms with Crippen LogP contribution in [0.25, 0.3) is 11.0 Å². The fourth-order valence-electron chi connectivity index (χ4n) is 7.54. The van der Waals surface area contributed by atoms with Crippen LogP contribution in [0.15, 0.2) is 84.5 Å². The second-order valence-electron chi connectivity index (χ2n) is 19.4. The Hall–Kier alpha value is -4.97. The standard InChI is InChI=1S/C27H36N6O2S2.C26H35N3O2S2/c1-7-11-33(12-8-2)18-9-10-20-19(13-18)30-22(32(20)6)14-23(34)31-26-29-16-25(37-26)36-17-24-28-15-21(35-24)27(3,4)5;1-6-12-29(13-7-2)20-10-8-19(9-11-20)14-21(30)15-24-28-17-25(33-24)32-18-23-27-16-22(31-23)26(3,4)5/h9-10,13,15-16H,7-8,11-12,14,17H2,1-6H3,(H,29,31,34);8-11,16-17H,6-7,12-15,18H2,1-5H3. The third kappa shape index (κ3) is 15.8. The normalized spacial score (nSPS) is 11.8. The summed E-state index contributed by atoms with van der Waals surface area (Å²) in [4.78, 5) is 52.6. The van der Waals surface area contributed by atoms with Crippen molar-refractivity contribution in [1.82, 2.24) is 29.5 Å². The van der Waals surface area contributed by atoms with E-state index in [2.05, 4.69) is 147 Å². The first-order chi connectivity index (χ1) is 33.5. The lowest BCUT2D eigenvalue weighted by atomic mass is 9.94. The number of nitrogens with zero attached hydrogens (tertiary/aromatic N) is 8. The monoisotopic (exact) mass is 1030 g/mol. The number of fused-ring (bicyclic) bond motifs is 1. The van der Waals surface area contributed by atoms with Crippen LogP contribution in [0.5, 0.6) is 0 Å². The molecule has 13 nitrogen and oxygen atoms in total. The molecule has 376 valence electrons. The van der Waals surface area contributed by atoms with Gasteiger partial charge >= 0.3 is 0 Å². The fourth-order valence-corrected chi connectivity index (χ4v) is 11.2. The number of hydrogen-bond acceptors (Lipinski definition) is 15. The van der Waals surface area contributed by atoms with Crippen LogP contribution in [-0.2, 0) is 58.2 Å². The average molecular weight is 1030 g/mol. The minimum Gasteiger partial charge on any atom is -0.444 e. The molecule has 0 aliphatic carbocycles. The highest BCUT2D eigenvalue weighted by atomic mass is 32.2. The van der Waals surface area contributed by atoms with Crippen molar-refractivity contribution in [3.63, 3.8) is 0 Å². The molecule has 0 aliphatic rings. The molecule has 0 atom stereocenters. The predicted octanol–water partition coefficient (Wildman–Crippen LogP) is 13.1. The zero-order valence-electron chi connectivity index (χ0n) is 42.9. The fraction of sp³-hybridized carbons (Fsp3) is 0.491. The summed E-state index contributed by atoms with van der Waals surface area (Å²) in [6.45, 7) is 25.6. The number of benzene rings is 2. The number of nitrogens with one attached hydrogen (secondary N) is 1. The molecular weight excluding hydrogens is 955 g/mol. The Labute approximate surface area is 431 Å². The van der Waals surface area contributed by atoms with E-state index in [1.165, 1.54) is 22.7 Å². The maximum atomic E-state index is 12.8. The zero-order valence-corrected chi connectivity index (χ0v) is 46.2. The number of thiazole rings is 2. The highest BCUT2D eigenvalue weighted by Crippen LogP contribution is 2.33. The van der Waals surface area contributed by atoms with Crippen molar-refractivity contribution >= 4 is 85.4 Å². The van der Waals surface area contributed by atoms with Crippen molar-refractivity contribution in [3.8, 4) is 0 Å². The number of Topliss-reactive ketones (excluding diaryl/α,β-unsaturated/α-hetero) is 1. The average Bonchev–Trinajstić information content (AvgIpc) is 4.18. The van der Waals surface area contributed by atoms with Crippen LogP contribution in [0, 0.1) is 0 Å². The summed E-state index contributed by atoms with van der Waals surface area (Å²) in [7, 11) is 1.96. The van der Waals surface area contributed by atoms with Gasteiger partial charge in [0, 0.05) is 61.9 Å².